The Kier molecular flexibility index (Phi) is 5.78. The van der Waals surface area contributed by atoms with E-state index in [0.717, 1.165) is 6.26 Å². The highest BCUT2D eigenvalue weighted by Gasteiger charge is 2.18. The standard InChI is InChI=1S/C12H18N2O5S/c1-18-8-4-7-14-12(15)11-9(13)5-3-6-10(11)19-20(2,16)17/h3,5-6H,4,7-8,13H2,1-2H3,(H,14,15). The molecule has 0 saturated carbocycles. The maximum absolute atomic E-state index is 12.0. The Morgan fingerprint density at radius 2 is 2.10 bits per heavy atom. The summed E-state index contributed by atoms with van der Waals surface area (Å²) in [7, 11) is -2.17. The topological polar surface area (TPSA) is 108 Å². The van der Waals surface area contributed by atoms with Crippen molar-refractivity contribution in [3.8, 4) is 5.75 Å². The van der Waals surface area contributed by atoms with Crippen LogP contribution in [0.15, 0.2) is 18.2 Å². The summed E-state index contributed by atoms with van der Waals surface area (Å²) >= 11 is 0. The smallest absolute Gasteiger partial charge is 0.306 e. The highest BCUT2D eigenvalue weighted by Crippen LogP contribution is 2.25. The van der Waals surface area contributed by atoms with E-state index in [0.29, 0.717) is 19.6 Å². The van der Waals surface area contributed by atoms with Gasteiger partial charge in [0.1, 0.15) is 5.56 Å². The van der Waals surface area contributed by atoms with Gasteiger partial charge in [0.05, 0.1) is 6.26 Å². The van der Waals surface area contributed by atoms with E-state index in [2.05, 4.69) is 5.32 Å². The first-order valence-electron chi connectivity index (χ1n) is 5.90. The molecule has 0 aliphatic rings. The van der Waals surface area contributed by atoms with Crippen LogP contribution in [0.3, 0.4) is 0 Å². The molecule has 7 nitrogen and oxygen atoms in total. The number of methoxy groups -OCH3 is 1. The van der Waals surface area contributed by atoms with Gasteiger partial charge in [0.2, 0.25) is 0 Å². The van der Waals surface area contributed by atoms with Crippen LogP contribution in [0.2, 0.25) is 0 Å². The summed E-state index contributed by atoms with van der Waals surface area (Å²) in [6.45, 7) is 0.899. The Morgan fingerprint density at radius 3 is 2.70 bits per heavy atom. The molecule has 1 aromatic carbocycles. The van der Waals surface area contributed by atoms with Gasteiger partial charge in [-0.2, -0.15) is 8.42 Å². The molecule has 0 radical (unpaired) electrons. The van der Waals surface area contributed by atoms with Gasteiger partial charge < -0.3 is 20.0 Å². The first-order chi connectivity index (χ1) is 9.35. The minimum absolute atomic E-state index is 0.00958. The third-order valence-electron chi connectivity index (χ3n) is 2.34. The highest BCUT2D eigenvalue weighted by molar-refractivity contribution is 7.86. The number of nitrogen functional groups attached to an aromatic ring is 1. The third kappa shape index (κ3) is 5.06. The summed E-state index contributed by atoms with van der Waals surface area (Å²) in [5.74, 6) is -0.574. The molecule has 20 heavy (non-hydrogen) atoms. The van der Waals surface area contributed by atoms with Gasteiger partial charge in [-0.1, -0.05) is 6.07 Å². The number of amides is 1. The molecule has 1 rings (SSSR count). The van der Waals surface area contributed by atoms with E-state index in [-0.39, 0.29) is 17.0 Å². The van der Waals surface area contributed by atoms with Gasteiger partial charge in [0.15, 0.2) is 5.75 Å². The Balaban J connectivity index is 2.89. The van der Waals surface area contributed by atoms with Crippen molar-refractivity contribution in [3.05, 3.63) is 23.8 Å². The molecule has 1 aromatic rings. The van der Waals surface area contributed by atoms with E-state index in [1.54, 1.807) is 7.11 Å². The molecule has 3 N–H and O–H groups in total. The van der Waals surface area contributed by atoms with E-state index in [1.165, 1.54) is 18.2 Å². The number of carbonyl (C=O) groups is 1. The summed E-state index contributed by atoms with van der Waals surface area (Å²) in [6, 6.07) is 4.39. The Bertz CT molecular complexity index is 571. The monoisotopic (exact) mass is 302 g/mol. The lowest BCUT2D eigenvalue weighted by Crippen LogP contribution is -2.27. The Labute approximate surface area is 118 Å². The number of hydrogen-bond donors (Lipinski definition) is 2. The van der Waals surface area contributed by atoms with Gasteiger partial charge in [0.25, 0.3) is 5.91 Å². The van der Waals surface area contributed by atoms with Crippen LogP contribution in [0.5, 0.6) is 5.75 Å². The predicted molar refractivity (Wildman–Crippen MR) is 75.2 cm³/mol. The molecule has 8 heteroatoms. The average Bonchev–Trinajstić information content (AvgIpc) is 2.32. The van der Waals surface area contributed by atoms with Crippen LogP contribution in [0.1, 0.15) is 16.8 Å². The van der Waals surface area contributed by atoms with E-state index >= 15 is 0 Å². The number of nitrogens with one attached hydrogen (secondary N) is 1. The summed E-state index contributed by atoms with van der Waals surface area (Å²) in [5, 5.41) is 2.63. The second-order valence-electron chi connectivity index (χ2n) is 4.11. The molecule has 1 amide bonds. The van der Waals surface area contributed by atoms with Gasteiger partial charge in [-0.25, -0.2) is 0 Å². The van der Waals surface area contributed by atoms with Crippen LogP contribution < -0.4 is 15.2 Å². The maximum Gasteiger partial charge on any atom is 0.306 e. The molecule has 0 aromatic heterocycles. The van der Waals surface area contributed by atoms with Crippen molar-refractivity contribution in [2.45, 2.75) is 6.42 Å². The summed E-state index contributed by atoms with van der Waals surface area (Å²) in [4.78, 5) is 12.0. The fourth-order valence-corrected chi connectivity index (χ4v) is 2.00. The zero-order valence-electron chi connectivity index (χ0n) is 11.4. The molecule has 0 heterocycles. The van der Waals surface area contributed by atoms with Crippen molar-refractivity contribution in [1.29, 1.82) is 0 Å². The van der Waals surface area contributed by atoms with E-state index < -0.39 is 16.0 Å². The quantitative estimate of drug-likeness (QED) is 0.428. The number of carbonyl (C=O) groups excluding carboxylic acids is 1. The van der Waals surface area contributed by atoms with Crippen LogP contribution in [-0.4, -0.2) is 40.8 Å². The Morgan fingerprint density at radius 1 is 1.40 bits per heavy atom. The third-order valence-corrected chi connectivity index (χ3v) is 2.82. The van der Waals surface area contributed by atoms with E-state index in [4.69, 9.17) is 14.7 Å². The van der Waals surface area contributed by atoms with E-state index in [9.17, 15) is 13.2 Å². The maximum atomic E-state index is 12.0. The summed E-state index contributed by atoms with van der Waals surface area (Å²) in [6.07, 6.45) is 1.54. The fourth-order valence-electron chi connectivity index (χ4n) is 1.53. The molecule has 0 fully saturated rings. The molecule has 0 bridgehead atoms. The van der Waals surface area contributed by atoms with Crippen molar-refractivity contribution >= 4 is 21.7 Å². The number of hydrogen-bond acceptors (Lipinski definition) is 6. The van der Waals surface area contributed by atoms with Crippen LogP contribution in [0, 0.1) is 0 Å². The minimum Gasteiger partial charge on any atom is -0.398 e. The second kappa shape index (κ2) is 7.11. The van der Waals surface area contributed by atoms with Crippen LogP contribution in [0.25, 0.3) is 0 Å². The normalized spacial score (nSPS) is 11.1. The number of rotatable bonds is 7. The zero-order chi connectivity index (χ0) is 15.2. The van der Waals surface area contributed by atoms with Crippen LogP contribution in [-0.2, 0) is 14.9 Å². The SMILES string of the molecule is COCCCNC(=O)c1c(N)cccc1OS(C)(=O)=O. The second-order valence-corrected chi connectivity index (χ2v) is 5.69. The molecular formula is C12H18N2O5S. The van der Waals surface area contributed by atoms with Gasteiger partial charge in [-0.05, 0) is 18.6 Å². The molecule has 0 atom stereocenters. The predicted octanol–water partition coefficient (Wildman–Crippen LogP) is 0.373. The van der Waals surface area contributed by atoms with Gasteiger partial charge in [-0.3, -0.25) is 4.79 Å². The molecule has 0 unspecified atom stereocenters. The number of ether oxygens (including phenoxy) is 1. The van der Waals surface area contributed by atoms with Crippen molar-refractivity contribution in [1.82, 2.24) is 5.32 Å². The summed E-state index contributed by atoms with van der Waals surface area (Å²) in [5.41, 5.74) is 5.87. The van der Waals surface area contributed by atoms with Gasteiger partial charge >= 0.3 is 10.1 Å². The first kappa shape index (κ1) is 16.3. The lowest BCUT2D eigenvalue weighted by molar-refractivity contribution is 0.0948. The molecule has 0 saturated heterocycles. The highest BCUT2D eigenvalue weighted by atomic mass is 32.2. The molecule has 0 aliphatic carbocycles. The number of benzene rings is 1. The van der Waals surface area contributed by atoms with Crippen molar-refractivity contribution in [2.75, 3.05) is 32.3 Å². The lowest BCUT2D eigenvalue weighted by atomic mass is 10.1. The lowest BCUT2D eigenvalue weighted by Gasteiger charge is -2.12. The van der Waals surface area contributed by atoms with Crippen LogP contribution >= 0.6 is 0 Å². The van der Waals surface area contributed by atoms with Crippen molar-refractivity contribution < 1.29 is 22.1 Å². The molecular weight excluding hydrogens is 284 g/mol. The number of anilines is 1. The molecule has 112 valence electrons. The van der Waals surface area contributed by atoms with Crippen molar-refractivity contribution in [2.24, 2.45) is 0 Å². The van der Waals surface area contributed by atoms with Gasteiger partial charge in [0, 0.05) is 25.9 Å². The van der Waals surface area contributed by atoms with Crippen molar-refractivity contribution in [3.63, 3.8) is 0 Å². The first-order valence-corrected chi connectivity index (χ1v) is 7.72. The van der Waals surface area contributed by atoms with E-state index in [1.807, 2.05) is 0 Å². The molecule has 0 spiro atoms. The molecule has 0 aliphatic heterocycles. The summed E-state index contributed by atoms with van der Waals surface area (Å²) < 4.78 is 32.0. The Hall–Kier alpha value is -1.80. The van der Waals surface area contributed by atoms with Gasteiger partial charge in [-0.15, -0.1) is 0 Å². The fraction of sp³-hybridized carbons (Fsp3) is 0.417. The minimum atomic E-state index is -3.73. The zero-order valence-corrected chi connectivity index (χ0v) is 12.2. The average molecular weight is 302 g/mol. The van der Waals surface area contributed by atoms with Crippen LogP contribution in [0.4, 0.5) is 5.69 Å². The number of nitrogens with two attached hydrogens (primary N) is 1. The largest absolute Gasteiger partial charge is 0.398 e.